The Labute approximate surface area is 171 Å². The largest absolute Gasteiger partial charge is 0.493 e. The third kappa shape index (κ3) is 6.01. The number of hydrogen-bond acceptors (Lipinski definition) is 4. The minimum absolute atomic E-state index is 0.379. The second-order valence-corrected chi connectivity index (χ2v) is 7.70. The van der Waals surface area contributed by atoms with Gasteiger partial charge in [-0.3, -0.25) is 0 Å². The van der Waals surface area contributed by atoms with Crippen LogP contribution in [-0.2, 0) is 13.2 Å². The minimum Gasteiger partial charge on any atom is -0.493 e. The van der Waals surface area contributed by atoms with Crippen LogP contribution in [0.4, 0.5) is 0 Å². The average Bonchev–Trinajstić information content (AvgIpc) is 2.67. The van der Waals surface area contributed by atoms with E-state index in [4.69, 9.17) is 32.7 Å². The monoisotopic (exact) mass is 408 g/mol. The van der Waals surface area contributed by atoms with Gasteiger partial charge in [0, 0.05) is 11.6 Å². The first kappa shape index (κ1) is 20.3. The summed E-state index contributed by atoms with van der Waals surface area (Å²) in [6, 6.07) is 11.5. The summed E-state index contributed by atoms with van der Waals surface area (Å²) in [5.41, 5.74) is 2.06. The molecule has 3 rings (SSSR count). The fourth-order valence-electron chi connectivity index (χ4n) is 3.30. The summed E-state index contributed by atoms with van der Waals surface area (Å²) < 4.78 is 11.4. The van der Waals surface area contributed by atoms with Gasteiger partial charge in [0.05, 0.1) is 12.1 Å². The quantitative estimate of drug-likeness (QED) is 0.665. The van der Waals surface area contributed by atoms with Crippen LogP contribution in [0.5, 0.6) is 11.5 Å². The zero-order chi connectivity index (χ0) is 19.1. The first-order valence-electron chi connectivity index (χ1n) is 9.31. The predicted octanol–water partition coefficient (Wildman–Crippen LogP) is 4.67. The van der Waals surface area contributed by atoms with Crippen molar-refractivity contribution in [3.8, 4) is 11.5 Å². The van der Waals surface area contributed by atoms with Crippen molar-refractivity contribution in [1.29, 1.82) is 0 Å². The Morgan fingerprint density at radius 2 is 1.93 bits per heavy atom. The Kier molecular flexibility index (Phi) is 7.65. The van der Waals surface area contributed by atoms with E-state index < -0.39 is 0 Å². The average molecular weight is 409 g/mol. The summed E-state index contributed by atoms with van der Waals surface area (Å²) in [7, 11) is 1.63. The van der Waals surface area contributed by atoms with E-state index in [1.807, 2.05) is 36.4 Å². The molecular formula is C21H26Cl2N2O2. The van der Waals surface area contributed by atoms with Gasteiger partial charge in [-0.1, -0.05) is 35.3 Å². The molecule has 27 heavy (non-hydrogen) atoms. The van der Waals surface area contributed by atoms with E-state index in [9.17, 15) is 0 Å². The van der Waals surface area contributed by atoms with E-state index in [0.717, 1.165) is 43.2 Å². The van der Waals surface area contributed by atoms with Crippen LogP contribution in [0.15, 0.2) is 36.4 Å². The summed E-state index contributed by atoms with van der Waals surface area (Å²) in [5.74, 6) is 1.94. The highest BCUT2D eigenvalue weighted by Crippen LogP contribution is 2.37. The number of piperidine rings is 1. The van der Waals surface area contributed by atoms with Gasteiger partial charge in [0.15, 0.2) is 11.5 Å². The molecule has 0 unspecified atom stereocenters. The third-order valence-electron chi connectivity index (χ3n) is 4.78. The summed E-state index contributed by atoms with van der Waals surface area (Å²) in [4.78, 5) is 0. The molecule has 0 radical (unpaired) electrons. The van der Waals surface area contributed by atoms with Crippen LogP contribution in [0.1, 0.15) is 24.0 Å². The highest BCUT2D eigenvalue weighted by molar-refractivity contribution is 6.32. The number of methoxy groups -OCH3 is 1. The van der Waals surface area contributed by atoms with Gasteiger partial charge < -0.3 is 20.1 Å². The van der Waals surface area contributed by atoms with Crippen LogP contribution in [0.2, 0.25) is 10.0 Å². The SMILES string of the molecule is COc1cc(CNCC2CCNCC2)cc(Cl)c1OCc1cccc(Cl)c1. The molecule has 2 aromatic carbocycles. The molecule has 0 saturated carbocycles. The highest BCUT2D eigenvalue weighted by atomic mass is 35.5. The highest BCUT2D eigenvalue weighted by Gasteiger charge is 2.14. The molecule has 0 atom stereocenters. The number of nitrogens with one attached hydrogen (secondary N) is 2. The van der Waals surface area contributed by atoms with E-state index in [0.29, 0.717) is 28.2 Å². The van der Waals surface area contributed by atoms with Gasteiger partial charge in [-0.25, -0.2) is 0 Å². The van der Waals surface area contributed by atoms with Crippen molar-refractivity contribution in [1.82, 2.24) is 10.6 Å². The van der Waals surface area contributed by atoms with Gasteiger partial charge in [-0.15, -0.1) is 0 Å². The van der Waals surface area contributed by atoms with Crippen LogP contribution < -0.4 is 20.1 Å². The lowest BCUT2D eigenvalue weighted by atomic mass is 9.98. The lowest BCUT2D eigenvalue weighted by Gasteiger charge is -2.23. The molecular weight excluding hydrogens is 383 g/mol. The van der Waals surface area contributed by atoms with Crippen molar-refractivity contribution in [2.45, 2.75) is 26.0 Å². The van der Waals surface area contributed by atoms with Crippen molar-refractivity contribution >= 4 is 23.2 Å². The summed E-state index contributed by atoms with van der Waals surface area (Å²) in [6.07, 6.45) is 2.46. The Morgan fingerprint density at radius 1 is 1.11 bits per heavy atom. The van der Waals surface area contributed by atoms with E-state index in [1.54, 1.807) is 7.11 Å². The maximum atomic E-state index is 6.47. The van der Waals surface area contributed by atoms with Crippen molar-refractivity contribution in [2.24, 2.45) is 5.92 Å². The molecule has 4 nitrogen and oxygen atoms in total. The summed E-state index contributed by atoms with van der Waals surface area (Å²) in [5, 5.41) is 8.17. The number of benzene rings is 2. The molecule has 1 aliphatic rings. The Balaban J connectivity index is 1.60. The van der Waals surface area contributed by atoms with Crippen molar-refractivity contribution in [3.63, 3.8) is 0 Å². The third-order valence-corrected chi connectivity index (χ3v) is 5.30. The second kappa shape index (κ2) is 10.2. The molecule has 0 amide bonds. The molecule has 0 aromatic heterocycles. The standard InChI is InChI=1S/C21H26Cl2N2O2/c1-26-20-11-17(13-25-12-15-5-7-24-8-6-15)10-19(23)21(20)27-14-16-3-2-4-18(22)9-16/h2-4,9-11,15,24-25H,5-8,12-14H2,1H3. The van der Waals surface area contributed by atoms with Gasteiger partial charge in [0.2, 0.25) is 0 Å². The van der Waals surface area contributed by atoms with Crippen LogP contribution in [0, 0.1) is 5.92 Å². The normalized spacial score (nSPS) is 14.9. The van der Waals surface area contributed by atoms with Gasteiger partial charge in [-0.05, 0) is 73.8 Å². The first-order chi connectivity index (χ1) is 13.2. The molecule has 1 aliphatic heterocycles. The number of rotatable bonds is 8. The molecule has 2 N–H and O–H groups in total. The maximum absolute atomic E-state index is 6.47. The van der Waals surface area contributed by atoms with Crippen molar-refractivity contribution in [2.75, 3.05) is 26.7 Å². The lowest BCUT2D eigenvalue weighted by molar-refractivity contribution is 0.284. The molecule has 0 spiro atoms. The number of halogens is 2. The Bertz CT molecular complexity index is 749. The molecule has 2 aromatic rings. The Hall–Kier alpha value is -1.46. The number of hydrogen-bond donors (Lipinski definition) is 2. The van der Waals surface area contributed by atoms with E-state index in [1.165, 1.54) is 12.8 Å². The van der Waals surface area contributed by atoms with Crippen LogP contribution in [0.3, 0.4) is 0 Å². The van der Waals surface area contributed by atoms with Gasteiger partial charge in [-0.2, -0.15) is 0 Å². The molecule has 1 saturated heterocycles. The van der Waals surface area contributed by atoms with E-state index in [2.05, 4.69) is 10.6 Å². The summed E-state index contributed by atoms with van der Waals surface area (Å²) >= 11 is 12.5. The topological polar surface area (TPSA) is 42.5 Å². The zero-order valence-electron chi connectivity index (χ0n) is 15.6. The molecule has 0 bridgehead atoms. The predicted molar refractivity (Wildman–Crippen MR) is 111 cm³/mol. The van der Waals surface area contributed by atoms with Crippen LogP contribution in [-0.4, -0.2) is 26.7 Å². The maximum Gasteiger partial charge on any atom is 0.180 e. The van der Waals surface area contributed by atoms with Crippen molar-refractivity contribution in [3.05, 3.63) is 57.6 Å². The smallest absolute Gasteiger partial charge is 0.180 e. The molecule has 146 valence electrons. The van der Waals surface area contributed by atoms with Crippen LogP contribution >= 0.6 is 23.2 Å². The zero-order valence-corrected chi connectivity index (χ0v) is 17.1. The lowest BCUT2D eigenvalue weighted by Crippen LogP contribution is -2.33. The van der Waals surface area contributed by atoms with Crippen LogP contribution in [0.25, 0.3) is 0 Å². The summed E-state index contributed by atoms with van der Waals surface area (Å²) in [6.45, 7) is 4.39. The van der Waals surface area contributed by atoms with Gasteiger partial charge in [0.25, 0.3) is 0 Å². The second-order valence-electron chi connectivity index (χ2n) is 6.85. The number of ether oxygens (including phenoxy) is 2. The Morgan fingerprint density at radius 3 is 2.67 bits per heavy atom. The van der Waals surface area contributed by atoms with Gasteiger partial charge >= 0.3 is 0 Å². The fraction of sp³-hybridized carbons (Fsp3) is 0.429. The molecule has 1 fully saturated rings. The van der Waals surface area contributed by atoms with Crippen molar-refractivity contribution < 1.29 is 9.47 Å². The molecule has 0 aliphatic carbocycles. The first-order valence-corrected chi connectivity index (χ1v) is 10.1. The minimum atomic E-state index is 0.379. The molecule has 1 heterocycles. The fourth-order valence-corrected chi connectivity index (χ4v) is 3.80. The van der Waals surface area contributed by atoms with E-state index in [-0.39, 0.29) is 0 Å². The van der Waals surface area contributed by atoms with E-state index >= 15 is 0 Å². The van der Waals surface area contributed by atoms with Gasteiger partial charge in [0.1, 0.15) is 6.61 Å². The molecule has 6 heteroatoms.